The van der Waals surface area contributed by atoms with Crippen LogP contribution in [-0.4, -0.2) is 11.9 Å². The third kappa shape index (κ3) is 3.32. The van der Waals surface area contributed by atoms with Gasteiger partial charge in [0.25, 0.3) is 0 Å². The molecule has 0 unspecified atom stereocenters. The first kappa shape index (κ1) is 13.6. The molecule has 1 atom stereocenters. The summed E-state index contributed by atoms with van der Waals surface area (Å²) >= 11 is 5.95. The van der Waals surface area contributed by atoms with E-state index in [0.29, 0.717) is 16.3 Å². The van der Waals surface area contributed by atoms with Gasteiger partial charge in [-0.1, -0.05) is 23.7 Å². The summed E-state index contributed by atoms with van der Waals surface area (Å²) in [5.41, 5.74) is 0.404. The van der Waals surface area contributed by atoms with Crippen LogP contribution < -0.4 is 4.74 Å². The molecule has 0 saturated carbocycles. The molecule has 2 aromatic rings. The lowest BCUT2D eigenvalue weighted by Gasteiger charge is -2.14. The van der Waals surface area contributed by atoms with Crippen LogP contribution in [0.2, 0.25) is 5.02 Å². The molecule has 0 radical (unpaired) electrons. The van der Waals surface area contributed by atoms with E-state index in [1.807, 2.05) is 0 Å². The van der Waals surface area contributed by atoms with Crippen molar-refractivity contribution < 1.29 is 13.9 Å². The average Bonchev–Trinajstić information content (AvgIpc) is 2.41. The van der Waals surface area contributed by atoms with Crippen LogP contribution in [0.4, 0.5) is 4.39 Å². The molecule has 0 fully saturated rings. The Labute approximate surface area is 115 Å². The van der Waals surface area contributed by atoms with E-state index in [9.17, 15) is 9.18 Å². The van der Waals surface area contributed by atoms with Gasteiger partial charge >= 0.3 is 0 Å². The molecule has 0 aliphatic carbocycles. The average molecular weight is 279 g/mol. The number of carbonyl (C=O) groups excluding carboxylic acids is 1. The molecule has 2 aromatic carbocycles. The third-order valence-corrected chi connectivity index (χ3v) is 2.95. The van der Waals surface area contributed by atoms with Gasteiger partial charge in [-0.25, -0.2) is 4.39 Å². The van der Waals surface area contributed by atoms with Crippen LogP contribution >= 0.6 is 11.6 Å². The molecule has 0 bridgehead atoms. The van der Waals surface area contributed by atoms with Gasteiger partial charge in [0.1, 0.15) is 11.6 Å². The lowest BCUT2D eigenvalue weighted by Crippen LogP contribution is -2.24. The molecule has 0 N–H and O–H groups in total. The van der Waals surface area contributed by atoms with Crippen molar-refractivity contribution in [2.24, 2.45) is 0 Å². The number of para-hydroxylation sites is 1. The molecular formula is C15H12ClFO2. The van der Waals surface area contributed by atoms with Gasteiger partial charge in [0, 0.05) is 5.56 Å². The van der Waals surface area contributed by atoms with Crippen molar-refractivity contribution in [1.29, 1.82) is 0 Å². The number of carbonyl (C=O) groups is 1. The molecule has 0 aliphatic rings. The van der Waals surface area contributed by atoms with Gasteiger partial charge < -0.3 is 4.74 Å². The van der Waals surface area contributed by atoms with Gasteiger partial charge in [-0.15, -0.1) is 0 Å². The second kappa shape index (κ2) is 5.85. The Hall–Kier alpha value is -1.87. The Morgan fingerprint density at radius 1 is 1.16 bits per heavy atom. The Morgan fingerprint density at radius 3 is 2.42 bits per heavy atom. The molecule has 0 heterocycles. The Balaban J connectivity index is 2.12. The second-order valence-corrected chi connectivity index (χ2v) is 4.47. The quantitative estimate of drug-likeness (QED) is 0.786. The van der Waals surface area contributed by atoms with Crippen molar-refractivity contribution in [1.82, 2.24) is 0 Å². The molecule has 2 nitrogen and oxygen atoms in total. The lowest BCUT2D eigenvalue weighted by atomic mass is 10.1. The van der Waals surface area contributed by atoms with E-state index in [4.69, 9.17) is 16.3 Å². The number of halogens is 2. The predicted octanol–water partition coefficient (Wildman–Crippen LogP) is 4.13. The molecule has 2 rings (SSSR count). The number of rotatable bonds is 4. The van der Waals surface area contributed by atoms with Crippen molar-refractivity contribution in [3.63, 3.8) is 0 Å². The standard InChI is InChI=1S/C15H12ClFO2/c1-10(19-14-5-3-2-4-13(14)16)15(18)11-6-8-12(17)9-7-11/h2-10H,1H3/t10-/m0/s1. The zero-order chi connectivity index (χ0) is 13.8. The zero-order valence-corrected chi connectivity index (χ0v) is 11.0. The highest BCUT2D eigenvalue weighted by atomic mass is 35.5. The second-order valence-electron chi connectivity index (χ2n) is 4.06. The smallest absolute Gasteiger partial charge is 0.202 e. The van der Waals surface area contributed by atoms with Gasteiger partial charge in [0.15, 0.2) is 6.10 Å². The minimum Gasteiger partial charge on any atom is -0.481 e. The van der Waals surface area contributed by atoms with Crippen molar-refractivity contribution in [2.75, 3.05) is 0 Å². The molecule has 0 saturated heterocycles. The molecule has 0 aliphatic heterocycles. The molecule has 4 heteroatoms. The first-order valence-corrected chi connectivity index (χ1v) is 6.16. The van der Waals surface area contributed by atoms with Crippen LogP contribution in [0, 0.1) is 5.82 Å². The third-order valence-electron chi connectivity index (χ3n) is 2.64. The molecular weight excluding hydrogens is 267 g/mol. The normalized spacial score (nSPS) is 11.9. The molecule has 19 heavy (non-hydrogen) atoms. The maximum Gasteiger partial charge on any atom is 0.202 e. The van der Waals surface area contributed by atoms with Crippen LogP contribution in [0.15, 0.2) is 48.5 Å². The summed E-state index contributed by atoms with van der Waals surface area (Å²) in [5.74, 6) is -0.150. The van der Waals surface area contributed by atoms with Crippen LogP contribution in [0.1, 0.15) is 17.3 Å². The topological polar surface area (TPSA) is 26.3 Å². The largest absolute Gasteiger partial charge is 0.481 e. The van der Waals surface area contributed by atoms with Crippen molar-refractivity contribution in [3.05, 3.63) is 64.9 Å². The number of hydrogen-bond donors (Lipinski definition) is 0. The monoisotopic (exact) mass is 278 g/mol. The summed E-state index contributed by atoms with van der Waals surface area (Å²) in [4.78, 5) is 12.1. The minimum absolute atomic E-state index is 0.222. The van der Waals surface area contributed by atoms with E-state index in [1.54, 1.807) is 31.2 Å². The summed E-state index contributed by atoms with van der Waals surface area (Å²) in [6, 6.07) is 12.3. The fourth-order valence-corrected chi connectivity index (χ4v) is 1.81. The highest BCUT2D eigenvalue weighted by molar-refractivity contribution is 6.32. The van der Waals surface area contributed by atoms with Gasteiger partial charge in [-0.2, -0.15) is 0 Å². The van der Waals surface area contributed by atoms with Crippen molar-refractivity contribution in [2.45, 2.75) is 13.0 Å². The molecule has 0 aromatic heterocycles. The van der Waals surface area contributed by atoms with E-state index in [2.05, 4.69) is 0 Å². The van der Waals surface area contributed by atoms with Gasteiger partial charge in [0.2, 0.25) is 5.78 Å². The number of Topliss-reactive ketones (excluding diaryl/α,β-unsaturated/α-hetero) is 1. The van der Waals surface area contributed by atoms with E-state index in [0.717, 1.165) is 0 Å². The SMILES string of the molecule is C[C@H](Oc1ccccc1Cl)C(=O)c1ccc(F)cc1. The molecule has 0 amide bonds. The minimum atomic E-state index is -0.689. The van der Waals surface area contributed by atoms with Crippen LogP contribution in [0.25, 0.3) is 0 Å². The van der Waals surface area contributed by atoms with Crippen LogP contribution in [-0.2, 0) is 0 Å². The van der Waals surface area contributed by atoms with Gasteiger partial charge in [-0.05, 0) is 43.3 Å². The van der Waals surface area contributed by atoms with Crippen LogP contribution in [0.5, 0.6) is 5.75 Å². The van der Waals surface area contributed by atoms with Gasteiger partial charge in [0.05, 0.1) is 5.02 Å². The molecule has 98 valence electrons. The van der Waals surface area contributed by atoms with E-state index < -0.39 is 6.10 Å². The summed E-state index contributed by atoms with van der Waals surface area (Å²) < 4.78 is 18.3. The zero-order valence-electron chi connectivity index (χ0n) is 10.3. The predicted molar refractivity (Wildman–Crippen MR) is 72.3 cm³/mol. The Morgan fingerprint density at radius 2 is 1.79 bits per heavy atom. The maximum atomic E-state index is 12.8. The van der Waals surface area contributed by atoms with Crippen molar-refractivity contribution in [3.8, 4) is 5.75 Å². The first-order valence-electron chi connectivity index (χ1n) is 5.79. The van der Waals surface area contributed by atoms with E-state index in [-0.39, 0.29) is 11.6 Å². The van der Waals surface area contributed by atoms with Crippen LogP contribution in [0.3, 0.4) is 0 Å². The summed E-state index contributed by atoms with van der Waals surface area (Å²) in [5, 5.41) is 0.446. The van der Waals surface area contributed by atoms with Crippen molar-refractivity contribution >= 4 is 17.4 Å². The highest BCUT2D eigenvalue weighted by Gasteiger charge is 2.17. The maximum absolute atomic E-state index is 12.8. The van der Waals surface area contributed by atoms with E-state index >= 15 is 0 Å². The molecule has 0 spiro atoms. The highest BCUT2D eigenvalue weighted by Crippen LogP contribution is 2.24. The fraction of sp³-hybridized carbons (Fsp3) is 0.133. The lowest BCUT2D eigenvalue weighted by molar-refractivity contribution is 0.0818. The summed E-state index contributed by atoms with van der Waals surface area (Å²) in [6.07, 6.45) is -0.689. The van der Waals surface area contributed by atoms with E-state index in [1.165, 1.54) is 24.3 Å². The van der Waals surface area contributed by atoms with Gasteiger partial charge in [-0.3, -0.25) is 4.79 Å². The number of benzene rings is 2. The summed E-state index contributed by atoms with van der Waals surface area (Å²) in [6.45, 7) is 1.63. The summed E-state index contributed by atoms with van der Waals surface area (Å²) in [7, 11) is 0. The first-order chi connectivity index (χ1) is 9.08. The fourth-order valence-electron chi connectivity index (χ4n) is 1.63. The Kier molecular flexibility index (Phi) is 4.17. The Bertz CT molecular complexity index is 581. The number of ketones is 1. The number of ether oxygens (including phenoxy) is 1. The number of hydrogen-bond acceptors (Lipinski definition) is 2.